The number of nitrogens with two attached hydrogens (primary N) is 1. The number of benzene rings is 1. The third-order valence-corrected chi connectivity index (χ3v) is 3.14. The highest BCUT2D eigenvalue weighted by molar-refractivity contribution is 5.80. The van der Waals surface area contributed by atoms with Crippen LogP contribution in [0.1, 0.15) is 20.3 Å². The highest BCUT2D eigenvalue weighted by atomic mass is 16.5. The summed E-state index contributed by atoms with van der Waals surface area (Å²) in [5.74, 6) is -0.362. The Morgan fingerprint density at radius 3 is 2.95 bits per heavy atom. The van der Waals surface area contributed by atoms with Crippen LogP contribution in [0.2, 0.25) is 0 Å². The first-order valence-electron chi connectivity index (χ1n) is 6.40. The molecule has 2 aromatic rings. The molecule has 0 fully saturated rings. The first-order valence-corrected chi connectivity index (χ1v) is 6.40. The van der Waals surface area contributed by atoms with Gasteiger partial charge in [-0.2, -0.15) is 0 Å². The van der Waals surface area contributed by atoms with Crippen molar-refractivity contribution >= 4 is 17.0 Å². The summed E-state index contributed by atoms with van der Waals surface area (Å²) >= 11 is 0. The van der Waals surface area contributed by atoms with Gasteiger partial charge in [0.1, 0.15) is 5.54 Å². The minimum Gasteiger partial charge on any atom is -0.465 e. The Morgan fingerprint density at radius 2 is 2.21 bits per heavy atom. The summed E-state index contributed by atoms with van der Waals surface area (Å²) in [5.41, 5.74) is 7.01. The Hall–Kier alpha value is -1.88. The van der Waals surface area contributed by atoms with Crippen LogP contribution in [0.15, 0.2) is 30.6 Å². The number of ether oxygens (including phenoxy) is 1. The molecule has 0 spiro atoms. The molecular formula is C14H19N3O2. The second-order valence-corrected chi connectivity index (χ2v) is 4.81. The molecule has 19 heavy (non-hydrogen) atoms. The largest absolute Gasteiger partial charge is 0.465 e. The van der Waals surface area contributed by atoms with E-state index in [9.17, 15) is 4.79 Å². The minimum absolute atomic E-state index is 0.347. The van der Waals surface area contributed by atoms with E-state index in [0.717, 1.165) is 11.0 Å². The Balaban J connectivity index is 2.08. The van der Waals surface area contributed by atoms with Crippen molar-refractivity contribution in [1.82, 2.24) is 9.55 Å². The number of carbonyl (C=O) groups is 1. The molecule has 0 aliphatic rings. The molecule has 1 aromatic carbocycles. The molecule has 0 aliphatic carbocycles. The topological polar surface area (TPSA) is 70.1 Å². The molecule has 1 atom stereocenters. The fourth-order valence-corrected chi connectivity index (χ4v) is 1.94. The lowest BCUT2D eigenvalue weighted by molar-refractivity contribution is -0.149. The Bertz CT molecular complexity index is 575. The van der Waals surface area contributed by atoms with Crippen LogP contribution < -0.4 is 5.73 Å². The number of aromatic nitrogens is 2. The molecule has 0 amide bonds. The Kier molecular flexibility index (Phi) is 3.85. The van der Waals surface area contributed by atoms with E-state index in [1.165, 1.54) is 0 Å². The first kappa shape index (κ1) is 13.5. The molecule has 102 valence electrons. The molecule has 0 bridgehead atoms. The molecule has 2 N–H and O–H groups in total. The number of aryl methyl sites for hydroxylation is 1. The third kappa shape index (κ3) is 2.93. The highest BCUT2D eigenvalue weighted by Crippen LogP contribution is 2.15. The molecule has 1 heterocycles. The lowest BCUT2D eigenvalue weighted by atomic mass is 9.99. The molecule has 5 nitrogen and oxygen atoms in total. The lowest BCUT2D eigenvalue weighted by Gasteiger charge is -2.22. The molecular weight excluding hydrogens is 242 g/mol. The zero-order valence-corrected chi connectivity index (χ0v) is 11.3. The number of hydrogen-bond donors (Lipinski definition) is 1. The number of rotatable bonds is 5. The van der Waals surface area contributed by atoms with Gasteiger partial charge in [0.2, 0.25) is 0 Å². The summed E-state index contributed by atoms with van der Waals surface area (Å²) in [6, 6.07) is 7.87. The van der Waals surface area contributed by atoms with E-state index in [4.69, 9.17) is 10.5 Å². The van der Waals surface area contributed by atoms with Gasteiger partial charge in [-0.15, -0.1) is 0 Å². The van der Waals surface area contributed by atoms with E-state index in [-0.39, 0.29) is 5.97 Å². The van der Waals surface area contributed by atoms with Crippen molar-refractivity contribution in [2.24, 2.45) is 5.73 Å². The second kappa shape index (κ2) is 5.40. The van der Waals surface area contributed by atoms with Gasteiger partial charge >= 0.3 is 5.97 Å². The van der Waals surface area contributed by atoms with Crippen LogP contribution >= 0.6 is 0 Å². The van der Waals surface area contributed by atoms with Crippen molar-refractivity contribution in [3.8, 4) is 0 Å². The maximum absolute atomic E-state index is 11.7. The fourth-order valence-electron chi connectivity index (χ4n) is 1.94. The van der Waals surface area contributed by atoms with Crippen LogP contribution in [0.25, 0.3) is 11.0 Å². The molecule has 0 radical (unpaired) electrons. The van der Waals surface area contributed by atoms with Crippen LogP contribution in [0.5, 0.6) is 0 Å². The number of para-hydroxylation sites is 2. The molecule has 2 rings (SSSR count). The number of nitrogens with zero attached hydrogens (tertiary/aromatic N) is 2. The number of carbonyl (C=O) groups excluding carboxylic acids is 1. The Labute approximate surface area is 112 Å². The maximum atomic E-state index is 11.7. The van der Waals surface area contributed by atoms with E-state index >= 15 is 0 Å². The van der Waals surface area contributed by atoms with Gasteiger partial charge in [-0.1, -0.05) is 12.1 Å². The average molecular weight is 261 g/mol. The number of esters is 1. The number of hydrogen-bond acceptors (Lipinski definition) is 4. The molecule has 1 aromatic heterocycles. The molecule has 0 saturated heterocycles. The van der Waals surface area contributed by atoms with Gasteiger partial charge < -0.3 is 15.0 Å². The third-order valence-electron chi connectivity index (χ3n) is 3.14. The monoisotopic (exact) mass is 261 g/mol. The predicted molar refractivity (Wildman–Crippen MR) is 73.6 cm³/mol. The molecule has 5 heteroatoms. The summed E-state index contributed by atoms with van der Waals surface area (Å²) in [5, 5.41) is 0. The summed E-state index contributed by atoms with van der Waals surface area (Å²) < 4.78 is 6.97. The van der Waals surface area contributed by atoms with Gasteiger partial charge in [0, 0.05) is 6.54 Å². The SMILES string of the molecule is CCOC(=O)C(C)(N)CCn1cnc2ccccc21. The van der Waals surface area contributed by atoms with Crippen molar-refractivity contribution in [3.63, 3.8) is 0 Å². The van der Waals surface area contributed by atoms with Crippen LogP contribution in [-0.2, 0) is 16.1 Å². The minimum atomic E-state index is -0.971. The van der Waals surface area contributed by atoms with Crippen LogP contribution in [0.3, 0.4) is 0 Å². The van der Waals surface area contributed by atoms with Gasteiger partial charge in [0.15, 0.2) is 0 Å². The standard InChI is InChI=1S/C14H19N3O2/c1-3-19-13(18)14(2,15)8-9-17-10-16-11-6-4-5-7-12(11)17/h4-7,10H,3,8-9,15H2,1-2H3. The molecule has 1 unspecified atom stereocenters. The van der Waals surface area contributed by atoms with Crippen LogP contribution in [-0.4, -0.2) is 27.7 Å². The molecule has 0 saturated carbocycles. The summed E-state index contributed by atoms with van der Waals surface area (Å²) in [4.78, 5) is 16.0. The average Bonchev–Trinajstić information content (AvgIpc) is 2.80. The quantitative estimate of drug-likeness (QED) is 0.832. The lowest BCUT2D eigenvalue weighted by Crippen LogP contribution is -2.46. The van der Waals surface area contributed by atoms with Gasteiger partial charge in [-0.25, -0.2) is 4.98 Å². The normalized spacial score (nSPS) is 14.3. The van der Waals surface area contributed by atoms with Gasteiger partial charge in [0.25, 0.3) is 0 Å². The summed E-state index contributed by atoms with van der Waals surface area (Å²) in [7, 11) is 0. The summed E-state index contributed by atoms with van der Waals surface area (Å²) in [6.45, 7) is 4.45. The highest BCUT2D eigenvalue weighted by Gasteiger charge is 2.29. The fraction of sp³-hybridized carbons (Fsp3) is 0.429. The van der Waals surface area contributed by atoms with Crippen molar-refractivity contribution < 1.29 is 9.53 Å². The van der Waals surface area contributed by atoms with Gasteiger partial charge in [-0.05, 0) is 32.4 Å². The van der Waals surface area contributed by atoms with E-state index in [1.807, 2.05) is 28.8 Å². The van der Waals surface area contributed by atoms with Crippen molar-refractivity contribution in [1.29, 1.82) is 0 Å². The molecule has 0 aliphatic heterocycles. The Morgan fingerprint density at radius 1 is 1.47 bits per heavy atom. The van der Waals surface area contributed by atoms with E-state index < -0.39 is 5.54 Å². The van der Waals surface area contributed by atoms with E-state index in [2.05, 4.69) is 4.98 Å². The maximum Gasteiger partial charge on any atom is 0.325 e. The summed E-state index contributed by atoms with van der Waals surface area (Å²) in [6.07, 6.45) is 2.28. The van der Waals surface area contributed by atoms with Crippen molar-refractivity contribution in [3.05, 3.63) is 30.6 Å². The number of imidazole rings is 1. The van der Waals surface area contributed by atoms with Gasteiger partial charge in [-0.3, -0.25) is 4.79 Å². The van der Waals surface area contributed by atoms with Crippen LogP contribution in [0.4, 0.5) is 0 Å². The van der Waals surface area contributed by atoms with Crippen LogP contribution in [0, 0.1) is 0 Å². The van der Waals surface area contributed by atoms with E-state index in [0.29, 0.717) is 19.6 Å². The number of fused-ring (bicyclic) bond motifs is 1. The second-order valence-electron chi connectivity index (χ2n) is 4.81. The zero-order valence-electron chi connectivity index (χ0n) is 11.3. The predicted octanol–water partition coefficient (Wildman–Crippen LogP) is 1.71. The van der Waals surface area contributed by atoms with Crippen molar-refractivity contribution in [2.45, 2.75) is 32.4 Å². The van der Waals surface area contributed by atoms with Crippen molar-refractivity contribution in [2.75, 3.05) is 6.61 Å². The zero-order chi connectivity index (χ0) is 13.9. The first-order chi connectivity index (χ1) is 9.04. The van der Waals surface area contributed by atoms with Gasteiger partial charge in [0.05, 0.1) is 24.0 Å². The van der Waals surface area contributed by atoms with E-state index in [1.54, 1.807) is 20.2 Å². The smallest absolute Gasteiger partial charge is 0.325 e.